The van der Waals surface area contributed by atoms with Crippen LogP contribution in [0.2, 0.25) is 10.0 Å². The molecule has 0 saturated carbocycles. The third-order valence-corrected chi connectivity index (χ3v) is 5.74. The molecule has 8 nitrogen and oxygen atoms in total. The molecule has 5 rings (SSSR count). The maximum atomic E-state index is 13.0. The highest BCUT2D eigenvalue weighted by Gasteiger charge is 2.31. The molecule has 0 radical (unpaired) electrons. The number of benzene rings is 2. The van der Waals surface area contributed by atoms with Crippen molar-refractivity contribution in [3.05, 3.63) is 70.0 Å². The molecule has 3 heterocycles. The molecule has 1 aliphatic rings. The Balaban J connectivity index is 1.43. The Kier molecular flexibility index (Phi) is 5.34. The first-order chi connectivity index (χ1) is 15.5. The minimum atomic E-state index is -0.335. The van der Waals surface area contributed by atoms with Gasteiger partial charge in [-0.15, -0.1) is 0 Å². The number of rotatable bonds is 5. The van der Waals surface area contributed by atoms with Gasteiger partial charge in [-0.1, -0.05) is 29.3 Å². The molecule has 3 N–H and O–H groups in total. The predicted molar refractivity (Wildman–Crippen MR) is 125 cm³/mol. The minimum Gasteiger partial charge on any atom is -0.455 e. The van der Waals surface area contributed by atoms with E-state index in [-0.39, 0.29) is 24.1 Å². The van der Waals surface area contributed by atoms with Crippen LogP contribution in [0.5, 0.6) is 5.88 Å². The maximum absolute atomic E-state index is 13.0. The first kappa shape index (κ1) is 20.6. The summed E-state index contributed by atoms with van der Waals surface area (Å²) in [6.07, 6.45) is 3.34. The summed E-state index contributed by atoms with van der Waals surface area (Å²) in [5.41, 5.74) is 3.63. The Morgan fingerprint density at radius 3 is 2.81 bits per heavy atom. The lowest BCUT2D eigenvalue weighted by molar-refractivity contribution is 0.0932. The SMILES string of the molecule is CNCc1cc(Nc2ncc3c(n2)OCN(c2c(Cl)cccc2Cl)C3=O)cc2cc[nH]c12. The van der Waals surface area contributed by atoms with E-state index >= 15 is 0 Å². The van der Waals surface area contributed by atoms with E-state index in [0.29, 0.717) is 28.2 Å². The molecule has 0 fully saturated rings. The Labute approximate surface area is 193 Å². The number of nitrogens with one attached hydrogen (secondary N) is 3. The average Bonchev–Trinajstić information content (AvgIpc) is 3.24. The van der Waals surface area contributed by atoms with E-state index in [9.17, 15) is 4.79 Å². The van der Waals surface area contributed by atoms with Crippen LogP contribution in [0.15, 0.2) is 48.8 Å². The molecule has 0 saturated heterocycles. The van der Waals surface area contributed by atoms with Crippen molar-refractivity contribution in [3.63, 3.8) is 0 Å². The number of H-pyrrole nitrogens is 1. The van der Waals surface area contributed by atoms with Gasteiger partial charge in [-0.05, 0) is 42.9 Å². The quantitative estimate of drug-likeness (QED) is 0.392. The Morgan fingerprint density at radius 1 is 1.22 bits per heavy atom. The summed E-state index contributed by atoms with van der Waals surface area (Å²) < 4.78 is 5.75. The van der Waals surface area contributed by atoms with E-state index in [1.165, 1.54) is 11.1 Å². The third-order valence-electron chi connectivity index (χ3n) is 5.13. The lowest BCUT2D eigenvalue weighted by Gasteiger charge is -2.29. The number of para-hydroxylation sites is 1. The number of nitrogens with zero attached hydrogens (tertiary/aromatic N) is 3. The molecule has 0 bridgehead atoms. The van der Waals surface area contributed by atoms with Crippen molar-refractivity contribution in [2.75, 3.05) is 24.0 Å². The first-order valence-electron chi connectivity index (χ1n) is 9.82. The zero-order chi connectivity index (χ0) is 22.2. The van der Waals surface area contributed by atoms with Crippen molar-refractivity contribution in [1.82, 2.24) is 20.3 Å². The van der Waals surface area contributed by atoms with Crippen LogP contribution in [-0.4, -0.2) is 34.6 Å². The average molecular weight is 469 g/mol. The van der Waals surface area contributed by atoms with Crippen molar-refractivity contribution < 1.29 is 9.53 Å². The van der Waals surface area contributed by atoms with Gasteiger partial charge in [0.1, 0.15) is 5.56 Å². The number of amides is 1. The predicted octanol–water partition coefficient (Wildman–Crippen LogP) is 4.72. The van der Waals surface area contributed by atoms with Crippen molar-refractivity contribution >= 4 is 57.3 Å². The van der Waals surface area contributed by atoms with Gasteiger partial charge in [0, 0.05) is 30.0 Å². The largest absolute Gasteiger partial charge is 0.455 e. The fraction of sp³-hybridized carbons (Fsp3) is 0.136. The standard InChI is InChI=1S/C22H18Cl2N6O2/c1-25-9-13-8-14(7-12-5-6-26-18(12)13)28-22-27-10-15-20(29-22)32-11-30(21(15)31)19-16(23)3-2-4-17(19)24/h2-8,10,25-26H,9,11H2,1H3,(H,27,28,29). The number of aromatic nitrogens is 3. The monoisotopic (exact) mass is 468 g/mol. The normalized spacial score (nSPS) is 13.2. The van der Waals surface area contributed by atoms with Crippen LogP contribution >= 0.6 is 23.2 Å². The lowest BCUT2D eigenvalue weighted by Crippen LogP contribution is -2.39. The second-order valence-electron chi connectivity index (χ2n) is 7.22. The second-order valence-corrected chi connectivity index (χ2v) is 8.04. The molecular weight excluding hydrogens is 451 g/mol. The van der Waals surface area contributed by atoms with Gasteiger partial charge in [0.2, 0.25) is 11.8 Å². The fourth-order valence-corrected chi connectivity index (χ4v) is 4.31. The summed E-state index contributed by atoms with van der Waals surface area (Å²) in [4.78, 5) is 26.4. The molecule has 162 valence electrons. The van der Waals surface area contributed by atoms with Crippen molar-refractivity contribution in [2.24, 2.45) is 0 Å². The summed E-state index contributed by atoms with van der Waals surface area (Å²) in [7, 11) is 1.90. The van der Waals surface area contributed by atoms with Gasteiger partial charge in [0.05, 0.1) is 21.2 Å². The van der Waals surface area contributed by atoms with Gasteiger partial charge in [0.15, 0.2) is 6.73 Å². The fourth-order valence-electron chi connectivity index (χ4n) is 3.71. The van der Waals surface area contributed by atoms with E-state index in [2.05, 4.69) is 25.6 Å². The highest BCUT2D eigenvalue weighted by atomic mass is 35.5. The first-order valence-corrected chi connectivity index (χ1v) is 10.6. The molecule has 10 heteroatoms. The molecule has 1 aliphatic heterocycles. The number of fused-ring (bicyclic) bond motifs is 2. The van der Waals surface area contributed by atoms with Crippen LogP contribution < -0.4 is 20.3 Å². The number of aromatic amines is 1. The maximum Gasteiger partial charge on any atom is 0.268 e. The van der Waals surface area contributed by atoms with Crippen LogP contribution in [0.3, 0.4) is 0 Å². The zero-order valence-electron chi connectivity index (χ0n) is 16.9. The van der Waals surface area contributed by atoms with Crippen molar-refractivity contribution in [3.8, 4) is 5.88 Å². The topological polar surface area (TPSA) is 95.2 Å². The Bertz CT molecular complexity index is 1320. The molecule has 0 aliphatic carbocycles. The van der Waals surface area contributed by atoms with Crippen LogP contribution in [-0.2, 0) is 6.54 Å². The number of hydrogen-bond acceptors (Lipinski definition) is 6. The third kappa shape index (κ3) is 3.62. The van der Waals surface area contributed by atoms with Gasteiger partial charge in [0.25, 0.3) is 5.91 Å². The number of hydrogen-bond donors (Lipinski definition) is 3. The number of carbonyl (C=O) groups is 1. The Hall–Kier alpha value is -3.33. The highest BCUT2D eigenvalue weighted by Crippen LogP contribution is 2.37. The number of carbonyl (C=O) groups excluding carboxylic acids is 1. The number of halogens is 2. The molecule has 0 atom stereocenters. The lowest BCUT2D eigenvalue weighted by atomic mass is 10.1. The molecule has 0 unspecified atom stereocenters. The molecule has 2 aromatic heterocycles. The summed E-state index contributed by atoms with van der Waals surface area (Å²) >= 11 is 12.5. The van der Waals surface area contributed by atoms with Crippen molar-refractivity contribution in [2.45, 2.75) is 6.54 Å². The second kappa shape index (κ2) is 8.31. The molecule has 32 heavy (non-hydrogen) atoms. The van der Waals surface area contributed by atoms with E-state index in [4.69, 9.17) is 27.9 Å². The van der Waals surface area contributed by atoms with Gasteiger partial charge >= 0.3 is 0 Å². The van der Waals surface area contributed by atoms with Gasteiger partial charge in [-0.3, -0.25) is 9.69 Å². The van der Waals surface area contributed by atoms with E-state index in [1.807, 2.05) is 31.4 Å². The number of ether oxygens (including phenoxy) is 1. The zero-order valence-corrected chi connectivity index (χ0v) is 18.5. The van der Waals surface area contributed by atoms with Gasteiger partial charge < -0.3 is 20.4 Å². The summed E-state index contributed by atoms with van der Waals surface area (Å²) in [5, 5.41) is 8.15. The Morgan fingerprint density at radius 2 is 2.03 bits per heavy atom. The molecule has 1 amide bonds. The van der Waals surface area contributed by atoms with E-state index in [0.717, 1.165) is 22.2 Å². The molecule has 0 spiro atoms. The minimum absolute atomic E-state index is 0.0621. The summed E-state index contributed by atoms with van der Waals surface area (Å²) in [6.45, 7) is 0.642. The van der Waals surface area contributed by atoms with E-state index in [1.54, 1.807) is 18.2 Å². The highest BCUT2D eigenvalue weighted by molar-refractivity contribution is 6.40. The van der Waals surface area contributed by atoms with Crippen molar-refractivity contribution in [1.29, 1.82) is 0 Å². The van der Waals surface area contributed by atoms with E-state index < -0.39 is 0 Å². The molecular formula is C22H18Cl2N6O2. The molecule has 2 aromatic carbocycles. The summed E-state index contributed by atoms with van der Waals surface area (Å²) in [5.74, 6) is 0.189. The summed E-state index contributed by atoms with van der Waals surface area (Å²) in [6, 6.07) is 11.1. The van der Waals surface area contributed by atoms with Gasteiger partial charge in [-0.2, -0.15) is 4.98 Å². The molecule has 4 aromatic rings. The van der Waals surface area contributed by atoms with Crippen LogP contribution in [0, 0.1) is 0 Å². The number of anilines is 3. The van der Waals surface area contributed by atoms with Crippen LogP contribution in [0.1, 0.15) is 15.9 Å². The smallest absolute Gasteiger partial charge is 0.268 e. The van der Waals surface area contributed by atoms with Crippen LogP contribution in [0.25, 0.3) is 10.9 Å². The van der Waals surface area contributed by atoms with Gasteiger partial charge in [-0.25, -0.2) is 4.98 Å². The van der Waals surface area contributed by atoms with Crippen LogP contribution in [0.4, 0.5) is 17.3 Å².